The predicted octanol–water partition coefficient (Wildman–Crippen LogP) is 2.51. The van der Waals surface area contributed by atoms with E-state index < -0.39 is 9.84 Å². The summed E-state index contributed by atoms with van der Waals surface area (Å²) in [6.07, 6.45) is 3.82. The minimum atomic E-state index is -3.18. The second-order valence-electron chi connectivity index (χ2n) is 6.34. The van der Waals surface area contributed by atoms with Crippen molar-refractivity contribution in [2.45, 2.75) is 54.3 Å². The Kier molecular flexibility index (Phi) is 3.95. The largest absolute Gasteiger partial charge is 0.308 e. The Morgan fingerprint density at radius 1 is 1.13 bits per heavy atom. The summed E-state index contributed by atoms with van der Waals surface area (Å²) < 4.78 is 24.9. The first-order valence-corrected chi connectivity index (χ1v) is 10.3. The number of nitrogens with one attached hydrogen (secondary N) is 1. The molecule has 1 N–H and O–H groups in total. The molecule has 2 aliphatic rings. The van der Waals surface area contributed by atoms with Crippen molar-refractivity contribution in [3.63, 3.8) is 0 Å². The van der Waals surface area contributed by atoms with Gasteiger partial charge in [-0.2, -0.15) is 0 Å². The maximum absolute atomic E-state index is 12.5. The summed E-state index contributed by atoms with van der Waals surface area (Å²) in [7, 11) is -3.18. The van der Waals surface area contributed by atoms with Crippen LogP contribution in [0.2, 0.25) is 0 Å². The van der Waals surface area contributed by atoms with Gasteiger partial charge in [-0.05, 0) is 37.8 Å². The predicted molar refractivity (Wildman–Crippen MR) is 89.2 cm³/mol. The van der Waals surface area contributed by atoms with Crippen molar-refractivity contribution in [2.75, 3.05) is 0 Å². The van der Waals surface area contributed by atoms with E-state index >= 15 is 0 Å². The van der Waals surface area contributed by atoms with E-state index in [0.717, 1.165) is 10.0 Å². The van der Waals surface area contributed by atoms with Crippen LogP contribution >= 0.6 is 11.3 Å². The molecule has 1 aromatic heterocycles. The van der Waals surface area contributed by atoms with Gasteiger partial charge in [-0.1, -0.05) is 29.5 Å². The third-order valence-corrected chi connectivity index (χ3v) is 7.83. The van der Waals surface area contributed by atoms with Crippen molar-refractivity contribution in [3.05, 3.63) is 40.3 Å². The van der Waals surface area contributed by atoms with Gasteiger partial charge in [0.15, 0.2) is 9.84 Å². The van der Waals surface area contributed by atoms with Crippen LogP contribution in [0.4, 0.5) is 0 Å². The standard InChI is InChI=1S/C16H19N3O2S2/c20-23(21,13-4-2-1-3-5-13)14-8-12(9-14)17-10-15-18-19-16(22-15)11-6-7-11/h1-5,11-12,14,17H,6-10H2. The van der Waals surface area contributed by atoms with Crippen LogP contribution in [0.1, 0.15) is 41.6 Å². The molecule has 23 heavy (non-hydrogen) atoms. The number of sulfone groups is 1. The first-order valence-electron chi connectivity index (χ1n) is 7.97. The van der Waals surface area contributed by atoms with Crippen molar-refractivity contribution < 1.29 is 8.42 Å². The highest BCUT2D eigenvalue weighted by Crippen LogP contribution is 2.41. The number of aromatic nitrogens is 2. The summed E-state index contributed by atoms with van der Waals surface area (Å²) in [6, 6.07) is 8.99. The third kappa shape index (κ3) is 3.18. The second kappa shape index (κ2) is 5.96. The molecule has 0 spiro atoms. The number of hydrogen-bond acceptors (Lipinski definition) is 6. The summed E-state index contributed by atoms with van der Waals surface area (Å²) >= 11 is 1.68. The fraction of sp³-hybridized carbons (Fsp3) is 0.500. The van der Waals surface area contributed by atoms with E-state index in [1.807, 2.05) is 6.07 Å². The minimum Gasteiger partial charge on any atom is -0.308 e. The molecule has 2 aromatic rings. The normalized spacial score (nSPS) is 24.3. The highest BCUT2D eigenvalue weighted by molar-refractivity contribution is 7.92. The zero-order chi connectivity index (χ0) is 15.9. The van der Waals surface area contributed by atoms with Crippen LogP contribution in [0.15, 0.2) is 35.2 Å². The van der Waals surface area contributed by atoms with Crippen LogP contribution in [-0.4, -0.2) is 29.9 Å². The summed E-state index contributed by atoms with van der Waals surface area (Å²) in [5.74, 6) is 0.644. The number of hydrogen-bond donors (Lipinski definition) is 1. The first-order chi connectivity index (χ1) is 11.1. The molecule has 0 aliphatic heterocycles. The van der Waals surface area contributed by atoms with E-state index in [1.54, 1.807) is 35.6 Å². The van der Waals surface area contributed by atoms with E-state index in [-0.39, 0.29) is 11.3 Å². The average Bonchev–Trinajstić information content (AvgIpc) is 3.26. The summed E-state index contributed by atoms with van der Waals surface area (Å²) in [5.41, 5.74) is 0. The van der Waals surface area contributed by atoms with Gasteiger partial charge < -0.3 is 5.32 Å². The maximum atomic E-state index is 12.5. The van der Waals surface area contributed by atoms with Gasteiger partial charge >= 0.3 is 0 Å². The lowest BCUT2D eigenvalue weighted by Gasteiger charge is -2.35. The maximum Gasteiger partial charge on any atom is 0.181 e. The molecule has 0 amide bonds. The smallest absolute Gasteiger partial charge is 0.181 e. The van der Waals surface area contributed by atoms with Crippen LogP contribution < -0.4 is 5.32 Å². The molecule has 7 heteroatoms. The van der Waals surface area contributed by atoms with E-state index in [2.05, 4.69) is 15.5 Å². The molecular formula is C16H19N3O2S2. The number of nitrogens with zero attached hydrogens (tertiary/aromatic N) is 2. The quantitative estimate of drug-likeness (QED) is 0.867. The fourth-order valence-corrected chi connectivity index (χ4v) is 5.71. The van der Waals surface area contributed by atoms with Gasteiger partial charge in [-0.15, -0.1) is 10.2 Å². The molecule has 1 heterocycles. The lowest BCUT2D eigenvalue weighted by Crippen LogP contribution is -2.47. The van der Waals surface area contributed by atoms with Gasteiger partial charge in [0.05, 0.1) is 10.1 Å². The van der Waals surface area contributed by atoms with Crippen LogP contribution in [0, 0.1) is 0 Å². The van der Waals surface area contributed by atoms with Gasteiger partial charge in [-0.25, -0.2) is 8.42 Å². The zero-order valence-electron chi connectivity index (χ0n) is 12.7. The van der Waals surface area contributed by atoms with Crippen molar-refractivity contribution in [2.24, 2.45) is 0 Å². The summed E-state index contributed by atoms with van der Waals surface area (Å²) in [5, 5.41) is 13.7. The van der Waals surface area contributed by atoms with Crippen molar-refractivity contribution in [1.82, 2.24) is 15.5 Å². The number of benzene rings is 1. The van der Waals surface area contributed by atoms with Gasteiger partial charge in [0, 0.05) is 18.5 Å². The summed E-state index contributed by atoms with van der Waals surface area (Å²) in [6.45, 7) is 0.688. The van der Waals surface area contributed by atoms with Crippen molar-refractivity contribution in [3.8, 4) is 0 Å². The Bertz CT molecular complexity index is 779. The van der Waals surface area contributed by atoms with Gasteiger partial charge in [0.1, 0.15) is 10.0 Å². The van der Waals surface area contributed by atoms with Gasteiger partial charge in [-0.3, -0.25) is 0 Å². The van der Waals surface area contributed by atoms with E-state index in [0.29, 0.717) is 30.2 Å². The topological polar surface area (TPSA) is 72.0 Å². The lowest BCUT2D eigenvalue weighted by molar-refractivity contribution is 0.336. The van der Waals surface area contributed by atoms with E-state index in [4.69, 9.17) is 0 Å². The highest BCUT2D eigenvalue weighted by Gasteiger charge is 2.39. The van der Waals surface area contributed by atoms with Crippen molar-refractivity contribution in [1.29, 1.82) is 0 Å². The van der Waals surface area contributed by atoms with Gasteiger partial charge in [0.25, 0.3) is 0 Å². The Balaban J connectivity index is 1.29. The Morgan fingerprint density at radius 2 is 1.87 bits per heavy atom. The van der Waals surface area contributed by atoms with Crippen LogP contribution in [0.25, 0.3) is 0 Å². The Hall–Kier alpha value is -1.31. The zero-order valence-corrected chi connectivity index (χ0v) is 14.3. The molecule has 1 aromatic carbocycles. The molecule has 0 unspecified atom stereocenters. The third-order valence-electron chi connectivity index (χ3n) is 4.56. The molecule has 0 bridgehead atoms. The lowest BCUT2D eigenvalue weighted by atomic mass is 9.92. The first kappa shape index (κ1) is 15.2. The van der Waals surface area contributed by atoms with Crippen LogP contribution in [-0.2, 0) is 16.4 Å². The van der Waals surface area contributed by atoms with Crippen LogP contribution in [0.3, 0.4) is 0 Å². The fourth-order valence-electron chi connectivity index (χ4n) is 2.85. The molecule has 4 rings (SSSR count). The average molecular weight is 349 g/mol. The van der Waals surface area contributed by atoms with Crippen LogP contribution in [0.5, 0.6) is 0 Å². The van der Waals surface area contributed by atoms with Gasteiger partial charge in [0.2, 0.25) is 0 Å². The van der Waals surface area contributed by atoms with E-state index in [9.17, 15) is 8.42 Å². The molecule has 0 saturated heterocycles. The highest BCUT2D eigenvalue weighted by atomic mass is 32.2. The summed E-state index contributed by atoms with van der Waals surface area (Å²) in [4.78, 5) is 0.432. The molecule has 5 nitrogen and oxygen atoms in total. The molecule has 2 saturated carbocycles. The molecule has 122 valence electrons. The Labute approximate surface area is 140 Å². The molecular weight excluding hydrogens is 330 g/mol. The molecule has 0 atom stereocenters. The minimum absolute atomic E-state index is 0.256. The van der Waals surface area contributed by atoms with Crippen molar-refractivity contribution >= 4 is 21.2 Å². The van der Waals surface area contributed by atoms with E-state index in [1.165, 1.54) is 12.8 Å². The SMILES string of the molecule is O=S(=O)(c1ccccc1)C1CC(NCc2nnc(C3CC3)s2)C1. The molecule has 2 fully saturated rings. The number of rotatable bonds is 6. The molecule has 0 radical (unpaired) electrons. The Morgan fingerprint density at radius 3 is 2.57 bits per heavy atom. The second-order valence-corrected chi connectivity index (χ2v) is 9.66. The monoisotopic (exact) mass is 349 g/mol. The molecule has 2 aliphatic carbocycles.